The molecule has 0 saturated heterocycles. The van der Waals surface area contributed by atoms with Crippen LogP contribution in [0.3, 0.4) is 0 Å². The molecule has 0 fully saturated rings. The summed E-state index contributed by atoms with van der Waals surface area (Å²) in [5.74, 6) is 1.49. The van der Waals surface area contributed by atoms with Gasteiger partial charge in [0.25, 0.3) is 0 Å². The van der Waals surface area contributed by atoms with Gasteiger partial charge in [0.1, 0.15) is 23.1 Å². The van der Waals surface area contributed by atoms with Crippen LogP contribution < -0.4 is 9.64 Å². The molecule has 0 aliphatic carbocycles. The molecule has 0 N–H and O–H groups in total. The summed E-state index contributed by atoms with van der Waals surface area (Å²) in [5, 5.41) is 6.78. The number of hydrogen-bond acceptors (Lipinski definition) is 6. The van der Waals surface area contributed by atoms with E-state index in [0.717, 1.165) is 39.2 Å². The molecule has 4 rings (SSSR count). The number of hydrogen-bond donors (Lipinski definition) is 0. The first-order chi connectivity index (χ1) is 15.5. The zero-order valence-electron chi connectivity index (χ0n) is 18.4. The summed E-state index contributed by atoms with van der Waals surface area (Å²) in [7, 11) is 0. The predicted molar refractivity (Wildman–Crippen MR) is 125 cm³/mol. The molecule has 0 saturated carbocycles. The van der Waals surface area contributed by atoms with E-state index in [1.54, 1.807) is 4.90 Å². The van der Waals surface area contributed by atoms with Crippen LogP contribution in [0.25, 0.3) is 0 Å². The molecule has 32 heavy (non-hydrogen) atoms. The van der Waals surface area contributed by atoms with Gasteiger partial charge >= 0.3 is 0 Å². The molecule has 164 valence electrons. The SMILES string of the molecule is Cc1ccc(OCc2nc(CC(=O)N(Cc3c(C)noc3C)c3ccccc3)cs2)cc1. The van der Waals surface area contributed by atoms with Gasteiger partial charge in [-0.2, -0.15) is 0 Å². The Morgan fingerprint density at radius 1 is 1.06 bits per heavy atom. The van der Waals surface area contributed by atoms with Gasteiger partial charge in [-0.1, -0.05) is 41.1 Å². The molecule has 4 aromatic rings. The lowest BCUT2D eigenvalue weighted by Gasteiger charge is -2.22. The van der Waals surface area contributed by atoms with Crippen molar-refractivity contribution >= 4 is 22.9 Å². The van der Waals surface area contributed by atoms with Crippen LogP contribution in [0.1, 0.15) is 33.3 Å². The fourth-order valence-corrected chi connectivity index (χ4v) is 4.05. The lowest BCUT2D eigenvalue weighted by Crippen LogP contribution is -2.32. The topological polar surface area (TPSA) is 68.5 Å². The van der Waals surface area contributed by atoms with Gasteiger partial charge in [-0.3, -0.25) is 4.79 Å². The highest BCUT2D eigenvalue weighted by molar-refractivity contribution is 7.09. The molecule has 6 nitrogen and oxygen atoms in total. The molecular formula is C25H25N3O3S. The number of benzene rings is 2. The molecule has 2 aromatic carbocycles. The Morgan fingerprint density at radius 3 is 2.50 bits per heavy atom. The third-order valence-electron chi connectivity index (χ3n) is 5.18. The van der Waals surface area contributed by atoms with Gasteiger partial charge in [0.2, 0.25) is 5.91 Å². The van der Waals surface area contributed by atoms with E-state index < -0.39 is 0 Å². The number of aromatic nitrogens is 2. The minimum atomic E-state index is -0.0347. The van der Waals surface area contributed by atoms with Crippen molar-refractivity contribution in [2.75, 3.05) is 4.90 Å². The van der Waals surface area contributed by atoms with Crippen LogP contribution in [-0.2, 0) is 24.4 Å². The van der Waals surface area contributed by atoms with E-state index in [4.69, 9.17) is 9.26 Å². The summed E-state index contributed by atoms with van der Waals surface area (Å²) < 4.78 is 11.1. The van der Waals surface area contributed by atoms with Crippen LogP contribution in [0.15, 0.2) is 64.5 Å². The molecule has 7 heteroatoms. The minimum absolute atomic E-state index is 0.0347. The lowest BCUT2D eigenvalue weighted by molar-refractivity contribution is -0.118. The first kappa shape index (κ1) is 21.8. The average molecular weight is 448 g/mol. The molecule has 0 unspecified atom stereocenters. The predicted octanol–water partition coefficient (Wildman–Crippen LogP) is 5.41. The zero-order valence-corrected chi connectivity index (χ0v) is 19.2. The molecule has 0 radical (unpaired) electrons. The summed E-state index contributed by atoms with van der Waals surface area (Å²) in [6.45, 7) is 6.57. The highest BCUT2D eigenvalue weighted by Crippen LogP contribution is 2.23. The van der Waals surface area contributed by atoms with Gasteiger partial charge in [0.05, 0.1) is 24.4 Å². The van der Waals surface area contributed by atoms with Crippen LogP contribution in [0.5, 0.6) is 5.75 Å². The van der Waals surface area contributed by atoms with E-state index in [-0.39, 0.29) is 12.3 Å². The number of aryl methyl sites for hydroxylation is 3. The minimum Gasteiger partial charge on any atom is -0.486 e. The Labute approximate surface area is 191 Å². The van der Waals surface area contributed by atoms with Crippen molar-refractivity contribution < 1.29 is 14.1 Å². The van der Waals surface area contributed by atoms with Gasteiger partial charge < -0.3 is 14.2 Å². The van der Waals surface area contributed by atoms with Crippen LogP contribution in [0.4, 0.5) is 5.69 Å². The van der Waals surface area contributed by atoms with Gasteiger partial charge in [-0.25, -0.2) is 4.98 Å². The standard InChI is InChI=1S/C25H25N3O3S/c1-17-9-11-22(12-10-17)30-15-24-26-20(16-32-24)13-25(29)28(21-7-5-4-6-8-21)14-23-18(2)27-31-19(23)3/h4-12,16H,13-15H2,1-3H3. The summed E-state index contributed by atoms with van der Waals surface area (Å²) in [6.07, 6.45) is 0.208. The molecule has 0 atom stereocenters. The summed E-state index contributed by atoms with van der Waals surface area (Å²) in [4.78, 5) is 19.7. The molecule has 0 spiro atoms. The zero-order chi connectivity index (χ0) is 22.5. The number of nitrogens with zero attached hydrogens (tertiary/aromatic N) is 3. The monoisotopic (exact) mass is 447 g/mol. The summed E-state index contributed by atoms with van der Waals surface area (Å²) in [6, 6.07) is 17.5. The first-order valence-corrected chi connectivity index (χ1v) is 11.3. The Kier molecular flexibility index (Phi) is 6.66. The fraction of sp³-hybridized carbons (Fsp3) is 0.240. The van der Waals surface area contributed by atoms with E-state index in [1.807, 2.05) is 80.7 Å². The second-order valence-corrected chi connectivity index (χ2v) is 8.57. The molecule has 1 amide bonds. The van der Waals surface area contributed by atoms with E-state index in [1.165, 1.54) is 16.9 Å². The van der Waals surface area contributed by atoms with Gasteiger partial charge in [-0.15, -0.1) is 11.3 Å². The summed E-state index contributed by atoms with van der Waals surface area (Å²) >= 11 is 1.50. The molecule has 0 aliphatic heterocycles. The van der Waals surface area contributed by atoms with E-state index in [0.29, 0.717) is 13.2 Å². The van der Waals surface area contributed by atoms with Crippen LogP contribution in [-0.4, -0.2) is 16.0 Å². The van der Waals surface area contributed by atoms with Crippen molar-refractivity contribution in [2.45, 2.75) is 40.3 Å². The normalized spacial score (nSPS) is 10.8. The number of carbonyl (C=O) groups is 1. The van der Waals surface area contributed by atoms with Gasteiger partial charge in [-0.05, 0) is 45.0 Å². The Morgan fingerprint density at radius 2 is 1.81 bits per heavy atom. The third-order valence-corrected chi connectivity index (χ3v) is 6.05. The highest BCUT2D eigenvalue weighted by atomic mass is 32.1. The second kappa shape index (κ2) is 9.78. The van der Waals surface area contributed by atoms with Crippen molar-refractivity contribution in [1.82, 2.24) is 10.1 Å². The van der Waals surface area contributed by atoms with Gasteiger partial charge in [0, 0.05) is 16.6 Å². The number of thiazole rings is 1. The lowest BCUT2D eigenvalue weighted by atomic mass is 10.1. The third kappa shape index (κ3) is 5.23. The quantitative estimate of drug-likeness (QED) is 0.361. The van der Waals surface area contributed by atoms with E-state index in [9.17, 15) is 4.79 Å². The van der Waals surface area contributed by atoms with Crippen LogP contribution in [0.2, 0.25) is 0 Å². The number of ether oxygens (including phenoxy) is 1. The highest BCUT2D eigenvalue weighted by Gasteiger charge is 2.21. The number of amides is 1. The number of rotatable bonds is 8. The number of anilines is 1. The number of carbonyl (C=O) groups excluding carboxylic acids is 1. The van der Waals surface area contributed by atoms with Crippen molar-refractivity contribution in [1.29, 1.82) is 0 Å². The Bertz CT molecular complexity index is 1160. The average Bonchev–Trinajstić information content (AvgIpc) is 3.38. The Hall–Kier alpha value is -3.45. The van der Waals surface area contributed by atoms with Crippen LogP contribution >= 0.6 is 11.3 Å². The largest absolute Gasteiger partial charge is 0.486 e. The van der Waals surface area contributed by atoms with Crippen molar-refractivity contribution in [3.8, 4) is 5.75 Å². The fourth-order valence-electron chi connectivity index (χ4n) is 3.34. The molecule has 0 aliphatic rings. The molecular weight excluding hydrogens is 422 g/mol. The maximum Gasteiger partial charge on any atom is 0.233 e. The van der Waals surface area contributed by atoms with E-state index >= 15 is 0 Å². The molecule has 2 heterocycles. The maximum absolute atomic E-state index is 13.3. The summed E-state index contributed by atoms with van der Waals surface area (Å²) in [5.41, 5.74) is 4.47. The van der Waals surface area contributed by atoms with Crippen molar-refractivity contribution in [2.24, 2.45) is 0 Å². The second-order valence-electron chi connectivity index (χ2n) is 7.63. The van der Waals surface area contributed by atoms with E-state index in [2.05, 4.69) is 10.1 Å². The maximum atomic E-state index is 13.3. The van der Waals surface area contributed by atoms with Crippen LogP contribution in [0, 0.1) is 20.8 Å². The van der Waals surface area contributed by atoms with Crippen molar-refractivity contribution in [3.63, 3.8) is 0 Å². The Balaban J connectivity index is 1.45. The first-order valence-electron chi connectivity index (χ1n) is 10.4. The number of para-hydroxylation sites is 1. The smallest absolute Gasteiger partial charge is 0.233 e. The van der Waals surface area contributed by atoms with Crippen molar-refractivity contribution in [3.05, 3.63) is 93.3 Å². The van der Waals surface area contributed by atoms with Gasteiger partial charge in [0.15, 0.2) is 0 Å². The molecule has 2 aromatic heterocycles. The molecule has 0 bridgehead atoms.